The third kappa shape index (κ3) is 4.54. The van der Waals surface area contributed by atoms with Crippen LogP contribution in [-0.4, -0.2) is 29.9 Å². The fraction of sp³-hybridized carbons (Fsp3) is 0.261. The van der Waals surface area contributed by atoms with E-state index in [1.807, 2.05) is 37.3 Å². The Balaban J connectivity index is 1.42. The van der Waals surface area contributed by atoms with E-state index >= 15 is 0 Å². The van der Waals surface area contributed by atoms with E-state index in [1.165, 1.54) is 0 Å². The molecule has 2 amide bonds. The van der Waals surface area contributed by atoms with Gasteiger partial charge >= 0.3 is 0 Å². The first-order chi connectivity index (χ1) is 14.1. The Labute approximate surface area is 169 Å². The first-order valence-electron chi connectivity index (χ1n) is 9.84. The number of benzene rings is 2. The van der Waals surface area contributed by atoms with Crippen LogP contribution in [0.15, 0.2) is 54.6 Å². The number of nitrogens with zero attached hydrogens (tertiary/aromatic N) is 1. The molecule has 0 aliphatic heterocycles. The zero-order chi connectivity index (χ0) is 20.2. The Hall–Kier alpha value is -3.41. The Morgan fingerprint density at radius 3 is 2.59 bits per heavy atom. The highest BCUT2D eigenvalue weighted by atomic mass is 16.5. The molecule has 2 N–H and O–H groups in total. The molecule has 0 saturated heterocycles. The van der Waals surface area contributed by atoms with Crippen molar-refractivity contribution < 1.29 is 14.3 Å². The first-order valence-corrected chi connectivity index (χ1v) is 9.84. The summed E-state index contributed by atoms with van der Waals surface area (Å²) >= 11 is 0. The molecule has 3 aromatic rings. The summed E-state index contributed by atoms with van der Waals surface area (Å²) in [5.41, 5.74) is 2.97. The largest absolute Gasteiger partial charge is 0.494 e. The Morgan fingerprint density at radius 2 is 1.86 bits per heavy atom. The lowest BCUT2D eigenvalue weighted by Crippen LogP contribution is -2.33. The number of fused-ring (bicyclic) bond motifs is 1. The monoisotopic (exact) mass is 389 g/mol. The molecule has 2 aromatic carbocycles. The fourth-order valence-corrected chi connectivity index (χ4v) is 3.23. The number of nitrogens with one attached hydrogen (secondary N) is 2. The average molecular weight is 389 g/mol. The second-order valence-corrected chi connectivity index (χ2v) is 7.07. The number of para-hydroxylation sites is 1. The number of carbonyl (C=O) groups excluding carboxylic acids is 2. The molecular formula is C23H23N3O3. The normalized spacial score (nSPS) is 13.1. The van der Waals surface area contributed by atoms with Gasteiger partial charge in [0.1, 0.15) is 5.75 Å². The van der Waals surface area contributed by atoms with Crippen LogP contribution in [0.4, 0.5) is 5.69 Å². The minimum atomic E-state index is -0.289. The maximum absolute atomic E-state index is 12.8. The maximum Gasteiger partial charge on any atom is 0.252 e. The molecule has 148 valence electrons. The Kier molecular flexibility index (Phi) is 5.42. The van der Waals surface area contributed by atoms with E-state index in [2.05, 4.69) is 15.6 Å². The average Bonchev–Trinajstić information content (AvgIpc) is 3.58. The van der Waals surface area contributed by atoms with Crippen molar-refractivity contribution in [1.29, 1.82) is 0 Å². The van der Waals surface area contributed by atoms with Crippen LogP contribution in [0.3, 0.4) is 0 Å². The maximum atomic E-state index is 12.8. The van der Waals surface area contributed by atoms with E-state index in [0.717, 1.165) is 35.2 Å². The van der Waals surface area contributed by atoms with Crippen molar-refractivity contribution >= 4 is 28.4 Å². The SMILES string of the molecule is CCOc1ccc(NC(=O)CNC(=O)c2cc(C3CC3)nc3ccccc23)cc1. The lowest BCUT2D eigenvalue weighted by molar-refractivity contribution is -0.115. The zero-order valence-corrected chi connectivity index (χ0v) is 16.3. The molecule has 0 radical (unpaired) electrons. The topological polar surface area (TPSA) is 80.3 Å². The number of hydrogen-bond acceptors (Lipinski definition) is 4. The summed E-state index contributed by atoms with van der Waals surface area (Å²) in [7, 11) is 0. The van der Waals surface area contributed by atoms with Gasteiger partial charge in [0.25, 0.3) is 5.91 Å². The second-order valence-electron chi connectivity index (χ2n) is 7.07. The molecule has 1 aliphatic rings. The smallest absolute Gasteiger partial charge is 0.252 e. The number of amides is 2. The van der Waals surface area contributed by atoms with Gasteiger partial charge < -0.3 is 15.4 Å². The van der Waals surface area contributed by atoms with E-state index < -0.39 is 0 Å². The van der Waals surface area contributed by atoms with Gasteiger partial charge in [0.05, 0.1) is 24.2 Å². The molecule has 6 heteroatoms. The van der Waals surface area contributed by atoms with Gasteiger partial charge in [0.2, 0.25) is 5.91 Å². The van der Waals surface area contributed by atoms with Crippen LogP contribution < -0.4 is 15.4 Å². The van der Waals surface area contributed by atoms with E-state index in [9.17, 15) is 9.59 Å². The van der Waals surface area contributed by atoms with Gasteiger partial charge in [0.15, 0.2) is 0 Å². The van der Waals surface area contributed by atoms with E-state index in [1.54, 1.807) is 24.3 Å². The van der Waals surface area contributed by atoms with Crippen molar-refractivity contribution in [2.75, 3.05) is 18.5 Å². The van der Waals surface area contributed by atoms with Crippen molar-refractivity contribution in [3.8, 4) is 5.75 Å². The molecule has 4 rings (SSSR count). The minimum Gasteiger partial charge on any atom is -0.494 e. The first kappa shape index (κ1) is 18.9. The van der Waals surface area contributed by atoms with Gasteiger partial charge in [-0.1, -0.05) is 18.2 Å². The molecule has 0 atom stereocenters. The molecule has 6 nitrogen and oxygen atoms in total. The molecule has 0 bridgehead atoms. The van der Waals surface area contributed by atoms with Crippen molar-refractivity contribution in [2.24, 2.45) is 0 Å². The van der Waals surface area contributed by atoms with E-state index in [-0.39, 0.29) is 18.4 Å². The zero-order valence-electron chi connectivity index (χ0n) is 16.3. The number of anilines is 1. The van der Waals surface area contributed by atoms with Gasteiger partial charge in [-0.25, -0.2) is 0 Å². The van der Waals surface area contributed by atoms with Crippen LogP contribution in [0.2, 0.25) is 0 Å². The highest BCUT2D eigenvalue weighted by molar-refractivity contribution is 6.07. The summed E-state index contributed by atoms with van der Waals surface area (Å²) in [6, 6.07) is 16.6. The molecule has 29 heavy (non-hydrogen) atoms. The lowest BCUT2D eigenvalue weighted by atomic mass is 10.1. The number of rotatable bonds is 7. The lowest BCUT2D eigenvalue weighted by Gasteiger charge is -2.11. The summed E-state index contributed by atoms with van der Waals surface area (Å²) in [6.07, 6.45) is 2.22. The third-order valence-electron chi connectivity index (χ3n) is 4.83. The van der Waals surface area contributed by atoms with Crippen molar-refractivity contribution in [2.45, 2.75) is 25.7 Å². The molecule has 1 saturated carbocycles. The highest BCUT2D eigenvalue weighted by Crippen LogP contribution is 2.40. The summed E-state index contributed by atoms with van der Waals surface area (Å²) in [6.45, 7) is 2.39. The van der Waals surface area contributed by atoms with Crippen LogP contribution in [-0.2, 0) is 4.79 Å². The number of hydrogen-bond donors (Lipinski definition) is 2. The standard InChI is InChI=1S/C23H23N3O3/c1-2-29-17-11-9-16(10-12-17)25-22(27)14-24-23(28)19-13-21(15-7-8-15)26-20-6-4-3-5-18(19)20/h3-6,9-13,15H,2,7-8,14H2,1H3,(H,24,28)(H,25,27). The quantitative estimate of drug-likeness (QED) is 0.643. The predicted molar refractivity (Wildman–Crippen MR) is 112 cm³/mol. The number of aromatic nitrogens is 1. The molecular weight excluding hydrogens is 366 g/mol. The molecule has 1 aliphatic carbocycles. The third-order valence-corrected chi connectivity index (χ3v) is 4.83. The fourth-order valence-electron chi connectivity index (χ4n) is 3.23. The Bertz CT molecular complexity index is 1040. The van der Waals surface area contributed by atoms with E-state index in [0.29, 0.717) is 23.8 Å². The molecule has 1 aromatic heterocycles. The predicted octanol–water partition coefficient (Wildman–Crippen LogP) is 3.88. The van der Waals surface area contributed by atoms with Crippen molar-refractivity contribution in [3.63, 3.8) is 0 Å². The Morgan fingerprint density at radius 1 is 1.10 bits per heavy atom. The molecule has 0 unspecified atom stereocenters. The second kappa shape index (κ2) is 8.31. The van der Waals surface area contributed by atoms with Crippen LogP contribution in [0, 0.1) is 0 Å². The summed E-state index contributed by atoms with van der Waals surface area (Å²) in [5, 5.41) is 6.29. The van der Waals surface area contributed by atoms with Crippen molar-refractivity contribution in [1.82, 2.24) is 10.3 Å². The van der Waals surface area contributed by atoms with Crippen LogP contribution in [0.1, 0.15) is 41.7 Å². The summed E-state index contributed by atoms with van der Waals surface area (Å²) < 4.78 is 5.38. The molecule has 1 heterocycles. The summed E-state index contributed by atoms with van der Waals surface area (Å²) in [5.74, 6) is 0.625. The number of pyridine rings is 1. The van der Waals surface area contributed by atoms with Gasteiger partial charge in [-0.05, 0) is 56.2 Å². The molecule has 1 fully saturated rings. The van der Waals surface area contributed by atoms with Crippen LogP contribution >= 0.6 is 0 Å². The van der Waals surface area contributed by atoms with E-state index in [4.69, 9.17) is 4.74 Å². The van der Waals surface area contributed by atoms with Gasteiger partial charge in [-0.2, -0.15) is 0 Å². The highest BCUT2D eigenvalue weighted by Gasteiger charge is 2.27. The number of ether oxygens (including phenoxy) is 1. The minimum absolute atomic E-state index is 0.110. The van der Waals surface area contributed by atoms with Gasteiger partial charge in [-0.3, -0.25) is 14.6 Å². The van der Waals surface area contributed by atoms with Gasteiger partial charge in [-0.15, -0.1) is 0 Å². The van der Waals surface area contributed by atoms with Crippen molar-refractivity contribution in [3.05, 3.63) is 65.9 Å². The summed E-state index contributed by atoms with van der Waals surface area (Å²) in [4.78, 5) is 29.7. The number of carbonyl (C=O) groups is 2. The molecule has 0 spiro atoms. The van der Waals surface area contributed by atoms with Crippen LogP contribution in [0.25, 0.3) is 10.9 Å². The van der Waals surface area contributed by atoms with Crippen LogP contribution in [0.5, 0.6) is 5.75 Å². The van der Waals surface area contributed by atoms with Gasteiger partial charge in [0, 0.05) is 22.7 Å².